The average Bonchev–Trinajstić information content (AvgIpc) is 2.35. The van der Waals surface area contributed by atoms with Crippen molar-refractivity contribution in [2.75, 3.05) is 5.73 Å². The summed E-state index contributed by atoms with van der Waals surface area (Å²) >= 11 is 0. The molecule has 0 saturated heterocycles. The van der Waals surface area contributed by atoms with Gasteiger partial charge in [0.2, 0.25) is 5.88 Å². The van der Waals surface area contributed by atoms with E-state index in [-0.39, 0.29) is 0 Å². The average molecular weight is 228 g/mol. The molecule has 0 radical (unpaired) electrons. The van der Waals surface area contributed by atoms with Crippen molar-refractivity contribution in [2.24, 2.45) is 0 Å². The molecule has 0 aliphatic rings. The Balaban J connectivity index is 2.11. The van der Waals surface area contributed by atoms with E-state index in [0.717, 1.165) is 18.6 Å². The Morgan fingerprint density at radius 1 is 1.18 bits per heavy atom. The van der Waals surface area contributed by atoms with E-state index >= 15 is 0 Å². The zero-order chi connectivity index (χ0) is 12.1. The summed E-state index contributed by atoms with van der Waals surface area (Å²) in [4.78, 5) is 4.09. The van der Waals surface area contributed by atoms with Crippen molar-refractivity contribution < 1.29 is 4.74 Å². The predicted molar refractivity (Wildman–Crippen MR) is 69.2 cm³/mol. The maximum Gasteiger partial charge on any atom is 0.242 e. The number of benzene rings is 1. The minimum atomic E-state index is 0.454. The van der Waals surface area contributed by atoms with E-state index in [2.05, 4.69) is 24.0 Å². The van der Waals surface area contributed by atoms with E-state index in [1.807, 2.05) is 12.1 Å². The van der Waals surface area contributed by atoms with Crippen molar-refractivity contribution in [3.8, 4) is 11.6 Å². The number of hydrogen-bond acceptors (Lipinski definition) is 3. The lowest BCUT2D eigenvalue weighted by Gasteiger charge is -2.07. The van der Waals surface area contributed by atoms with Gasteiger partial charge in [0.15, 0.2) is 0 Å². The van der Waals surface area contributed by atoms with E-state index in [9.17, 15) is 0 Å². The first-order valence-electron chi connectivity index (χ1n) is 5.77. The zero-order valence-electron chi connectivity index (χ0n) is 9.89. The molecule has 2 N–H and O–H groups in total. The van der Waals surface area contributed by atoms with Crippen molar-refractivity contribution in [3.05, 3.63) is 48.2 Å². The van der Waals surface area contributed by atoms with Gasteiger partial charge in [-0.25, -0.2) is 4.98 Å². The Bertz CT molecular complexity index is 480. The summed E-state index contributed by atoms with van der Waals surface area (Å²) < 4.78 is 5.61. The van der Waals surface area contributed by atoms with E-state index in [1.165, 1.54) is 5.56 Å². The number of nitrogens with two attached hydrogens (primary N) is 1. The van der Waals surface area contributed by atoms with Crippen LogP contribution in [-0.2, 0) is 6.42 Å². The molecule has 1 heterocycles. The summed E-state index contributed by atoms with van der Waals surface area (Å²) in [6, 6.07) is 11.6. The van der Waals surface area contributed by atoms with E-state index in [4.69, 9.17) is 10.5 Å². The van der Waals surface area contributed by atoms with Gasteiger partial charge in [-0.15, -0.1) is 0 Å². The first kappa shape index (κ1) is 11.5. The van der Waals surface area contributed by atoms with Crippen LogP contribution >= 0.6 is 0 Å². The summed E-state index contributed by atoms with van der Waals surface area (Å²) in [6.45, 7) is 2.17. The molecule has 88 valence electrons. The number of aromatic nitrogens is 1. The highest BCUT2D eigenvalue weighted by Gasteiger charge is 2.02. The van der Waals surface area contributed by atoms with Gasteiger partial charge in [-0.3, -0.25) is 0 Å². The van der Waals surface area contributed by atoms with Crippen LogP contribution in [0.5, 0.6) is 11.6 Å². The Labute approximate surface area is 101 Å². The number of hydrogen-bond donors (Lipinski definition) is 1. The van der Waals surface area contributed by atoms with Crippen molar-refractivity contribution in [1.29, 1.82) is 0 Å². The van der Waals surface area contributed by atoms with Crippen molar-refractivity contribution in [2.45, 2.75) is 19.8 Å². The number of nitrogen functional groups attached to an aromatic ring is 1. The fourth-order valence-corrected chi connectivity index (χ4v) is 1.61. The van der Waals surface area contributed by atoms with Gasteiger partial charge in [0.05, 0.1) is 5.69 Å². The third kappa shape index (κ3) is 2.97. The van der Waals surface area contributed by atoms with Gasteiger partial charge in [0, 0.05) is 6.20 Å². The lowest BCUT2D eigenvalue weighted by molar-refractivity contribution is 0.465. The molecule has 0 aliphatic carbocycles. The first-order chi connectivity index (χ1) is 8.29. The second kappa shape index (κ2) is 5.34. The monoisotopic (exact) mass is 228 g/mol. The third-order valence-corrected chi connectivity index (χ3v) is 2.48. The highest BCUT2D eigenvalue weighted by molar-refractivity contribution is 5.48. The maximum atomic E-state index is 5.76. The number of anilines is 1. The quantitative estimate of drug-likeness (QED) is 0.872. The lowest BCUT2D eigenvalue weighted by Crippen LogP contribution is -1.94. The molecule has 0 amide bonds. The largest absolute Gasteiger partial charge is 0.437 e. The summed E-state index contributed by atoms with van der Waals surface area (Å²) in [6.07, 6.45) is 3.90. The number of pyridine rings is 1. The molecule has 3 heteroatoms. The molecule has 2 rings (SSSR count). The van der Waals surface area contributed by atoms with Crippen molar-refractivity contribution >= 4 is 5.69 Å². The number of nitrogens with zero attached hydrogens (tertiary/aromatic N) is 1. The minimum Gasteiger partial charge on any atom is -0.437 e. The van der Waals surface area contributed by atoms with Crippen molar-refractivity contribution in [1.82, 2.24) is 4.98 Å². The van der Waals surface area contributed by atoms with Crippen LogP contribution in [0.25, 0.3) is 0 Å². The summed E-state index contributed by atoms with van der Waals surface area (Å²) in [5.74, 6) is 1.21. The minimum absolute atomic E-state index is 0.454. The molecule has 0 fully saturated rings. The van der Waals surface area contributed by atoms with Crippen molar-refractivity contribution in [3.63, 3.8) is 0 Å². The second-order valence-electron chi connectivity index (χ2n) is 3.89. The number of aryl methyl sites for hydroxylation is 1. The van der Waals surface area contributed by atoms with Crippen LogP contribution in [-0.4, -0.2) is 4.98 Å². The summed E-state index contributed by atoms with van der Waals surface area (Å²) in [5, 5.41) is 0. The fourth-order valence-electron chi connectivity index (χ4n) is 1.61. The van der Waals surface area contributed by atoms with Crippen LogP contribution < -0.4 is 10.5 Å². The van der Waals surface area contributed by atoms with Crippen LogP contribution in [0.15, 0.2) is 42.6 Å². The normalized spacial score (nSPS) is 10.2. The molecule has 2 aromatic rings. The Kier molecular flexibility index (Phi) is 3.60. The van der Waals surface area contributed by atoms with Crippen LogP contribution in [0.3, 0.4) is 0 Å². The Morgan fingerprint density at radius 2 is 1.94 bits per heavy atom. The molecule has 0 unspecified atom stereocenters. The molecule has 0 atom stereocenters. The van der Waals surface area contributed by atoms with Gasteiger partial charge in [0.25, 0.3) is 0 Å². The fraction of sp³-hybridized carbons (Fsp3) is 0.214. The third-order valence-electron chi connectivity index (χ3n) is 2.48. The first-order valence-corrected chi connectivity index (χ1v) is 5.77. The van der Waals surface area contributed by atoms with E-state index in [1.54, 1.807) is 18.3 Å². The smallest absolute Gasteiger partial charge is 0.242 e. The van der Waals surface area contributed by atoms with Crippen LogP contribution in [0, 0.1) is 0 Å². The van der Waals surface area contributed by atoms with Crippen LogP contribution in [0.2, 0.25) is 0 Å². The molecule has 1 aromatic carbocycles. The van der Waals surface area contributed by atoms with Gasteiger partial charge in [0.1, 0.15) is 5.75 Å². The molecule has 0 aliphatic heterocycles. The van der Waals surface area contributed by atoms with Gasteiger partial charge in [-0.2, -0.15) is 0 Å². The second-order valence-corrected chi connectivity index (χ2v) is 3.89. The molecule has 0 bridgehead atoms. The van der Waals surface area contributed by atoms with E-state index in [0.29, 0.717) is 11.6 Å². The Morgan fingerprint density at radius 3 is 2.59 bits per heavy atom. The van der Waals surface area contributed by atoms with Gasteiger partial charge < -0.3 is 10.5 Å². The predicted octanol–water partition coefficient (Wildman–Crippen LogP) is 3.41. The number of ether oxygens (including phenoxy) is 1. The molecule has 17 heavy (non-hydrogen) atoms. The highest BCUT2D eigenvalue weighted by Crippen LogP contribution is 2.24. The maximum absolute atomic E-state index is 5.76. The number of rotatable bonds is 4. The molecular weight excluding hydrogens is 212 g/mol. The summed E-state index contributed by atoms with van der Waals surface area (Å²) in [5.41, 5.74) is 7.62. The van der Waals surface area contributed by atoms with E-state index < -0.39 is 0 Å². The zero-order valence-corrected chi connectivity index (χ0v) is 9.89. The van der Waals surface area contributed by atoms with Crippen LogP contribution in [0.1, 0.15) is 18.9 Å². The molecule has 0 saturated carbocycles. The van der Waals surface area contributed by atoms with Gasteiger partial charge in [-0.1, -0.05) is 25.5 Å². The molecular formula is C14H16N2O. The standard InChI is InChI=1S/C14H16N2O/c1-2-4-11-6-8-12(9-7-11)17-14-13(15)5-3-10-16-14/h3,5-10H,2,4,15H2,1H3. The SMILES string of the molecule is CCCc1ccc(Oc2ncccc2N)cc1. The summed E-state index contributed by atoms with van der Waals surface area (Å²) in [7, 11) is 0. The Hall–Kier alpha value is -2.03. The molecule has 3 nitrogen and oxygen atoms in total. The molecule has 1 aromatic heterocycles. The highest BCUT2D eigenvalue weighted by atomic mass is 16.5. The van der Waals surface area contributed by atoms with Crippen LogP contribution in [0.4, 0.5) is 5.69 Å². The lowest BCUT2D eigenvalue weighted by atomic mass is 10.1. The topological polar surface area (TPSA) is 48.1 Å². The van der Waals surface area contributed by atoms with Gasteiger partial charge in [-0.05, 0) is 36.2 Å². The molecule has 0 spiro atoms. The van der Waals surface area contributed by atoms with Gasteiger partial charge >= 0.3 is 0 Å².